The topological polar surface area (TPSA) is 16.1 Å². The summed E-state index contributed by atoms with van der Waals surface area (Å²) in [5.74, 6) is 3.57. The number of rotatable bonds is 11. The average molecular weight is 1190 g/mol. The second-order valence-corrected chi connectivity index (χ2v) is 30.1. The van der Waals surface area contributed by atoms with E-state index in [9.17, 15) is 0 Å². The summed E-state index contributed by atoms with van der Waals surface area (Å²) in [5, 5.41) is 13.1. The SMILES string of the molecule is CCC1(C)CC2CC3CC4CC32CC1C41c2ccccc2-c2cc(N(c3ccc4ccccc4c3)c3ccc4c(C)cc5c(CC(c6ccc7c(c6)sc6ccccc67)C(C)c6ccccc6)ccc6cc(-c7ccc(-c8cccnc8)cc7)c3c4c65)cc(C)c21. The molecule has 4 saturated carbocycles. The van der Waals surface area contributed by atoms with Crippen molar-refractivity contribution in [1.29, 1.82) is 0 Å². The molecule has 5 aliphatic rings. The van der Waals surface area contributed by atoms with Crippen molar-refractivity contribution in [1.82, 2.24) is 4.98 Å². The molecule has 2 nitrogen and oxygen atoms in total. The predicted octanol–water partition coefficient (Wildman–Crippen LogP) is 24.2. The summed E-state index contributed by atoms with van der Waals surface area (Å²) < 4.78 is 2.71. The number of hydrogen-bond donors (Lipinski definition) is 0. The van der Waals surface area contributed by atoms with Crippen molar-refractivity contribution in [2.75, 3.05) is 4.90 Å². The molecule has 19 rings (SSSR count). The monoisotopic (exact) mass is 1190 g/mol. The smallest absolute Gasteiger partial charge is 0.0546 e. The van der Waals surface area contributed by atoms with Gasteiger partial charge in [-0.15, -0.1) is 11.3 Å². The van der Waals surface area contributed by atoms with Gasteiger partial charge < -0.3 is 4.90 Å². The van der Waals surface area contributed by atoms with Crippen molar-refractivity contribution >= 4 is 91.7 Å². The van der Waals surface area contributed by atoms with Gasteiger partial charge in [0.1, 0.15) is 0 Å². The van der Waals surface area contributed by atoms with E-state index in [4.69, 9.17) is 0 Å². The fraction of sp³-hybridized carbons (Fsp3) is 0.239. The second kappa shape index (κ2) is 19.8. The third-order valence-corrected chi connectivity index (χ3v) is 26.1. The molecule has 442 valence electrons. The van der Waals surface area contributed by atoms with Crippen LogP contribution in [0.3, 0.4) is 0 Å². The number of aryl methyl sites for hydroxylation is 2. The van der Waals surface area contributed by atoms with Gasteiger partial charge in [-0.1, -0.05) is 197 Å². The number of fused-ring (bicyclic) bond motifs is 13. The van der Waals surface area contributed by atoms with E-state index in [1.807, 2.05) is 29.8 Å². The molecular weight excluding hydrogens is 1120 g/mol. The van der Waals surface area contributed by atoms with Gasteiger partial charge in [-0.05, 0) is 258 Å². The Hall–Kier alpha value is -8.89. The molecule has 14 aromatic rings. The number of hydrogen-bond acceptors (Lipinski definition) is 3. The Kier molecular flexibility index (Phi) is 11.7. The number of aromatic nitrogens is 1. The third-order valence-electron chi connectivity index (χ3n) is 25.0. The van der Waals surface area contributed by atoms with Gasteiger partial charge in [0.25, 0.3) is 0 Å². The Morgan fingerprint density at radius 1 is 0.516 bits per heavy atom. The first-order valence-corrected chi connectivity index (χ1v) is 34.6. The quantitative estimate of drug-likeness (QED) is 0.120. The molecule has 4 fully saturated rings. The summed E-state index contributed by atoms with van der Waals surface area (Å²) in [5.41, 5.74) is 22.3. The first-order chi connectivity index (χ1) is 44.6. The first kappa shape index (κ1) is 53.9. The Labute approximate surface area is 538 Å². The molecule has 3 heteroatoms. The molecule has 5 aliphatic carbocycles. The summed E-state index contributed by atoms with van der Waals surface area (Å²) in [4.78, 5) is 7.21. The minimum absolute atomic E-state index is 0.00126. The van der Waals surface area contributed by atoms with E-state index in [2.05, 4.69) is 263 Å². The molecule has 2 spiro atoms. The molecule has 3 bridgehead atoms. The van der Waals surface area contributed by atoms with E-state index in [0.29, 0.717) is 22.7 Å². The van der Waals surface area contributed by atoms with Crippen LogP contribution in [0.25, 0.3) is 96.6 Å². The lowest BCUT2D eigenvalue weighted by Gasteiger charge is -2.68. The highest BCUT2D eigenvalue weighted by molar-refractivity contribution is 7.25. The summed E-state index contributed by atoms with van der Waals surface area (Å²) >= 11 is 1.93. The van der Waals surface area contributed by atoms with Gasteiger partial charge in [-0.25, -0.2) is 0 Å². The summed E-state index contributed by atoms with van der Waals surface area (Å²) in [6, 6.07) is 87.3. The predicted molar refractivity (Wildman–Crippen MR) is 385 cm³/mol. The van der Waals surface area contributed by atoms with Crippen LogP contribution in [0, 0.1) is 48.3 Å². The normalized spacial score (nSPS) is 23.4. The molecule has 0 radical (unpaired) electrons. The maximum absolute atomic E-state index is 4.54. The van der Waals surface area contributed by atoms with Gasteiger partial charge in [0, 0.05) is 60.1 Å². The molecule has 0 saturated heterocycles. The summed E-state index contributed by atoms with van der Waals surface area (Å²) in [6.45, 7) is 12.6. The maximum Gasteiger partial charge on any atom is 0.0546 e. The number of thiophene rings is 1. The van der Waals surface area contributed by atoms with Crippen molar-refractivity contribution in [3.63, 3.8) is 0 Å². The second-order valence-electron chi connectivity index (χ2n) is 29.0. The Balaban J connectivity index is 0.857. The maximum atomic E-state index is 4.54. The zero-order valence-corrected chi connectivity index (χ0v) is 53.5. The molecule has 91 heavy (non-hydrogen) atoms. The highest BCUT2D eigenvalue weighted by Crippen LogP contribution is 2.82. The fourth-order valence-corrected chi connectivity index (χ4v) is 21.8. The molecule has 12 aromatic carbocycles. The lowest BCUT2D eigenvalue weighted by Crippen LogP contribution is -2.62. The van der Waals surface area contributed by atoms with E-state index < -0.39 is 0 Å². The van der Waals surface area contributed by atoms with Gasteiger partial charge in [0.15, 0.2) is 0 Å². The highest BCUT2D eigenvalue weighted by Gasteiger charge is 2.75. The molecular formula is C88H74N2S. The molecule has 0 N–H and O–H groups in total. The highest BCUT2D eigenvalue weighted by atomic mass is 32.1. The lowest BCUT2D eigenvalue weighted by atomic mass is 9.36. The van der Waals surface area contributed by atoms with E-state index in [-0.39, 0.29) is 17.3 Å². The van der Waals surface area contributed by atoms with Gasteiger partial charge in [0.2, 0.25) is 0 Å². The first-order valence-electron chi connectivity index (χ1n) is 33.8. The summed E-state index contributed by atoms with van der Waals surface area (Å²) in [6.07, 6.45) is 13.0. The van der Waals surface area contributed by atoms with E-state index in [1.165, 1.54) is 169 Å². The Morgan fingerprint density at radius 3 is 2.14 bits per heavy atom. The van der Waals surface area contributed by atoms with Crippen molar-refractivity contribution in [2.45, 2.75) is 96.8 Å². The van der Waals surface area contributed by atoms with Crippen LogP contribution in [0.15, 0.2) is 237 Å². The minimum atomic E-state index is 0.00126. The Bertz CT molecular complexity index is 5290. The molecule has 2 aromatic heterocycles. The standard InChI is InChI=1S/C88H74N2S/c1-6-86(5)48-65-45-64-46-66-49-87(64,65)50-81(86)88(66)77-24-14-12-22-70(77)76-47-68(39-53(3)85(76)88)90(67-34-32-56-19-10-11-20-59(56)41-67)78-37-36-69-52(2)40-74-60(30-31-62-43-75(83(78)84(69)82(62)74)58-28-26-57(27-29-58)63-21-16-38-89-51-63)42-73(54(4)55-17-8-7-9-18-55)61-33-35-72-71-23-13-15-25-79(71)91-80(72)44-61/h7-41,43-44,47,51,54,64-66,73,81H,6,42,45-46,48-50H2,1-5H3. The van der Waals surface area contributed by atoms with Crippen molar-refractivity contribution in [2.24, 2.45) is 34.5 Å². The zero-order chi connectivity index (χ0) is 60.6. The van der Waals surface area contributed by atoms with Crippen molar-refractivity contribution in [3.8, 4) is 33.4 Å². The van der Waals surface area contributed by atoms with E-state index in [0.717, 1.165) is 29.4 Å². The molecule has 0 aliphatic heterocycles. The Morgan fingerprint density at radius 2 is 1.29 bits per heavy atom. The van der Waals surface area contributed by atoms with Gasteiger partial charge in [0.05, 0.1) is 5.69 Å². The summed E-state index contributed by atoms with van der Waals surface area (Å²) in [7, 11) is 0. The van der Waals surface area contributed by atoms with Crippen LogP contribution in [-0.4, -0.2) is 4.98 Å². The van der Waals surface area contributed by atoms with Gasteiger partial charge in [-0.3, -0.25) is 4.98 Å². The van der Waals surface area contributed by atoms with Gasteiger partial charge in [-0.2, -0.15) is 0 Å². The van der Waals surface area contributed by atoms with Crippen molar-refractivity contribution in [3.05, 3.63) is 276 Å². The minimum Gasteiger partial charge on any atom is -0.310 e. The molecule has 9 atom stereocenters. The zero-order valence-electron chi connectivity index (χ0n) is 52.7. The van der Waals surface area contributed by atoms with Crippen LogP contribution in [0.5, 0.6) is 0 Å². The number of benzene rings is 12. The average Bonchev–Trinajstić information content (AvgIpc) is 1.50. The van der Waals surface area contributed by atoms with Crippen molar-refractivity contribution < 1.29 is 0 Å². The van der Waals surface area contributed by atoms with E-state index in [1.54, 1.807) is 11.1 Å². The molecule has 2 heterocycles. The fourth-order valence-electron chi connectivity index (χ4n) is 20.7. The van der Waals surface area contributed by atoms with Crippen LogP contribution >= 0.6 is 11.3 Å². The largest absolute Gasteiger partial charge is 0.310 e. The molecule has 0 amide bonds. The molecule has 9 unspecified atom stereocenters. The number of pyridine rings is 1. The van der Waals surface area contributed by atoms with E-state index >= 15 is 0 Å². The van der Waals surface area contributed by atoms with Gasteiger partial charge >= 0.3 is 0 Å². The van der Waals surface area contributed by atoms with Crippen LogP contribution in [-0.2, 0) is 11.8 Å². The third kappa shape index (κ3) is 7.62. The van der Waals surface area contributed by atoms with Crippen LogP contribution in [0.2, 0.25) is 0 Å². The lowest BCUT2D eigenvalue weighted by molar-refractivity contribution is -0.164. The number of anilines is 3. The van der Waals surface area contributed by atoms with Crippen LogP contribution in [0.4, 0.5) is 17.1 Å². The van der Waals surface area contributed by atoms with Crippen LogP contribution < -0.4 is 4.90 Å². The number of nitrogens with zero attached hydrogens (tertiary/aromatic N) is 2. The van der Waals surface area contributed by atoms with Crippen LogP contribution in [0.1, 0.15) is 110 Å².